The van der Waals surface area contributed by atoms with Crippen molar-refractivity contribution >= 4 is 17.8 Å². The molecule has 0 saturated carbocycles. The standard InChI is InChI=1S/C25H51N7/c1-4-7-19-27-23-29-24(28-20-17-15-13-11-10-12-14-16-18-26)31-25(30-23)32(21-8-5-2)22-9-6-3/h4-22,26H2,1-3H3,(H2,27,28,29,30,31). The predicted molar refractivity (Wildman–Crippen MR) is 140 cm³/mol. The van der Waals surface area contributed by atoms with Crippen molar-refractivity contribution in [1.29, 1.82) is 0 Å². The number of hydrogen-bond acceptors (Lipinski definition) is 7. The second-order valence-electron chi connectivity index (χ2n) is 8.80. The quantitative estimate of drug-likeness (QED) is 0.187. The van der Waals surface area contributed by atoms with Gasteiger partial charge in [-0.1, -0.05) is 78.6 Å². The van der Waals surface area contributed by atoms with Gasteiger partial charge in [0.05, 0.1) is 0 Å². The fourth-order valence-corrected chi connectivity index (χ4v) is 3.58. The van der Waals surface area contributed by atoms with Crippen LogP contribution < -0.4 is 21.3 Å². The fraction of sp³-hybridized carbons (Fsp3) is 0.880. The summed E-state index contributed by atoms with van der Waals surface area (Å²) in [6.45, 7) is 11.3. The molecule has 1 aromatic rings. The summed E-state index contributed by atoms with van der Waals surface area (Å²) in [6, 6.07) is 0. The fourth-order valence-electron chi connectivity index (χ4n) is 3.58. The molecule has 32 heavy (non-hydrogen) atoms. The van der Waals surface area contributed by atoms with Gasteiger partial charge in [-0.25, -0.2) is 0 Å². The highest BCUT2D eigenvalue weighted by Gasteiger charge is 2.13. The molecular weight excluding hydrogens is 398 g/mol. The van der Waals surface area contributed by atoms with Gasteiger partial charge in [-0.05, 0) is 38.6 Å². The maximum absolute atomic E-state index is 5.55. The molecule has 0 aliphatic heterocycles. The van der Waals surface area contributed by atoms with E-state index in [1.807, 2.05) is 0 Å². The number of nitrogens with two attached hydrogens (primary N) is 1. The maximum Gasteiger partial charge on any atom is 0.231 e. The van der Waals surface area contributed by atoms with Gasteiger partial charge in [0.15, 0.2) is 0 Å². The lowest BCUT2D eigenvalue weighted by molar-refractivity contribution is 0.574. The van der Waals surface area contributed by atoms with Gasteiger partial charge in [-0.3, -0.25) is 0 Å². The van der Waals surface area contributed by atoms with E-state index in [4.69, 9.17) is 15.7 Å². The van der Waals surface area contributed by atoms with E-state index in [1.165, 1.54) is 57.8 Å². The smallest absolute Gasteiger partial charge is 0.231 e. The van der Waals surface area contributed by atoms with Crippen molar-refractivity contribution in [2.75, 3.05) is 48.3 Å². The third-order valence-corrected chi connectivity index (χ3v) is 5.70. The van der Waals surface area contributed by atoms with Crippen LogP contribution in [0, 0.1) is 0 Å². The van der Waals surface area contributed by atoms with Gasteiger partial charge < -0.3 is 21.3 Å². The maximum atomic E-state index is 5.55. The molecule has 186 valence electrons. The molecule has 0 unspecified atom stereocenters. The Kier molecular flexibility index (Phi) is 17.8. The zero-order valence-electron chi connectivity index (χ0n) is 21.3. The Bertz CT molecular complexity index is 545. The van der Waals surface area contributed by atoms with Crippen LogP contribution in [0.25, 0.3) is 0 Å². The van der Waals surface area contributed by atoms with Crippen molar-refractivity contribution in [3.05, 3.63) is 0 Å². The molecule has 4 N–H and O–H groups in total. The zero-order chi connectivity index (χ0) is 23.3. The lowest BCUT2D eigenvalue weighted by Gasteiger charge is -2.23. The van der Waals surface area contributed by atoms with Crippen LogP contribution in [0.4, 0.5) is 17.8 Å². The molecule has 0 saturated heterocycles. The van der Waals surface area contributed by atoms with Crippen LogP contribution in [0.2, 0.25) is 0 Å². The van der Waals surface area contributed by atoms with Crippen molar-refractivity contribution in [2.24, 2.45) is 5.73 Å². The molecule has 1 rings (SSSR count). The first kappa shape index (κ1) is 28.4. The summed E-state index contributed by atoms with van der Waals surface area (Å²) < 4.78 is 0. The second-order valence-corrected chi connectivity index (χ2v) is 8.80. The monoisotopic (exact) mass is 449 g/mol. The Morgan fingerprint density at radius 1 is 0.594 bits per heavy atom. The lowest BCUT2D eigenvalue weighted by atomic mass is 10.1. The van der Waals surface area contributed by atoms with Crippen LogP contribution >= 0.6 is 0 Å². The van der Waals surface area contributed by atoms with Gasteiger partial charge in [0, 0.05) is 26.2 Å². The molecule has 1 heterocycles. The van der Waals surface area contributed by atoms with Gasteiger partial charge in [-0.2, -0.15) is 15.0 Å². The number of nitrogens with one attached hydrogen (secondary N) is 2. The second kappa shape index (κ2) is 20.0. The molecule has 7 nitrogen and oxygen atoms in total. The molecule has 0 aliphatic rings. The Hall–Kier alpha value is -1.63. The van der Waals surface area contributed by atoms with E-state index in [9.17, 15) is 0 Å². The van der Waals surface area contributed by atoms with Crippen molar-refractivity contribution in [1.82, 2.24) is 15.0 Å². The Morgan fingerprint density at radius 3 is 1.56 bits per heavy atom. The number of aromatic nitrogens is 3. The van der Waals surface area contributed by atoms with Crippen molar-refractivity contribution < 1.29 is 0 Å². The molecular formula is C25H51N7. The minimum absolute atomic E-state index is 0.696. The number of unbranched alkanes of at least 4 members (excludes halogenated alkanes) is 10. The first-order chi connectivity index (χ1) is 15.7. The van der Waals surface area contributed by atoms with E-state index >= 15 is 0 Å². The van der Waals surface area contributed by atoms with Crippen molar-refractivity contribution in [2.45, 2.75) is 111 Å². The van der Waals surface area contributed by atoms with Crippen LogP contribution in [0.3, 0.4) is 0 Å². The minimum atomic E-state index is 0.696. The van der Waals surface area contributed by atoms with Crippen LogP contribution in [0.5, 0.6) is 0 Å². The van der Waals surface area contributed by atoms with E-state index in [2.05, 4.69) is 41.3 Å². The molecule has 0 radical (unpaired) electrons. The molecule has 0 fully saturated rings. The van der Waals surface area contributed by atoms with E-state index in [0.717, 1.165) is 70.8 Å². The number of anilines is 3. The van der Waals surface area contributed by atoms with Crippen molar-refractivity contribution in [3.63, 3.8) is 0 Å². The first-order valence-corrected chi connectivity index (χ1v) is 13.4. The Labute approximate surface area is 197 Å². The van der Waals surface area contributed by atoms with Gasteiger partial charge in [0.25, 0.3) is 0 Å². The van der Waals surface area contributed by atoms with Crippen LogP contribution in [-0.4, -0.2) is 47.7 Å². The third kappa shape index (κ3) is 13.7. The number of rotatable bonds is 22. The van der Waals surface area contributed by atoms with Crippen LogP contribution in [-0.2, 0) is 0 Å². The summed E-state index contributed by atoms with van der Waals surface area (Å²) in [6.07, 6.45) is 17.1. The Morgan fingerprint density at radius 2 is 1.06 bits per heavy atom. The van der Waals surface area contributed by atoms with Gasteiger partial charge >= 0.3 is 0 Å². The average molecular weight is 450 g/mol. The topological polar surface area (TPSA) is 92.0 Å². The average Bonchev–Trinajstić information content (AvgIpc) is 2.80. The highest BCUT2D eigenvalue weighted by molar-refractivity contribution is 5.43. The Balaban J connectivity index is 2.59. The van der Waals surface area contributed by atoms with E-state index in [0.29, 0.717) is 11.9 Å². The SMILES string of the molecule is CCCCNc1nc(NCCCCCCCCCCN)nc(N(CCCC)CCCC)n1. The van der Waals surface area contributed by atoms with Crippen LogP contribution in [0.15, 0.2) is 0 Å². The zero-order valence-corrected chi connectivity index (χ0v) is 21.3. The molecule has 1 aromatic heterocycles. The summed E-state index contributed by atoms with van der Waals surface area (Å²) in [5.74, 6) is 2.20. The molecule has 0 bridgehead atoms. The lowest BCUT2D eigenvalue weighted by Crippen LogP contribution is -2.28. The minimum Gasteiger partial charge on any atom is -0.354 e. The van der Waals surface area contributed by atoms with Crippen LogP contribution in [0.1, 0.15) is 111 Å². The highest BCUT2D eigenvalue weighted by Crippen LogP contribution is 2.16. The normalized spacial score (nSPS) is 11.0. The summed E-state index contributed by atoms with van der Waals surface area (Å²) in [7, 11) is 0. The van der Waals surface area contributed by atoms with E-state index in [-0.39, 0.29) is 0 Å². The highest BCUT2D eigenvalue weighted by atomic mass is 15.3. The first-order valence-electron chi connectivity index (χ1n) is 13.4. The molecule has 0 aromatic carbocycles. The largest absolute Gasteiger partial charge is 0.354 e. The van der Waals surface area contributed by atoms with Gasteiger partial charge in [0.1, 0.15) is 0 Å². The molecule has 0 spiro atoms. The number of hydrogen-bond donors (Lipinski definition) is 3. The molecule has 0 amide bonds. The van der Waals surface area contributed by atoms with Gasteiger partial charge in [-0.15, -0.1) is 0 Å². The number of nitrogens with zero attached hydrogens (tertiary/aromatic N) is 4. The molecule has 0 aliphatic carbocycles. The summed E-state index contributed by atoms with van der Waals surface area (Å²) >= 11 is 0. The summed E-state index contributed by atoms with van der Waals surface area (Å²) in [4.78, 5) is 16.5. The van der Waals surface area contributed by atoms with Crippen molar-refractivity contribution in [3.8, 4) is 0 Å². The predicted octanol–water partition coefficient (Wildman–Crippen LogP) is 5.98. The summed E-state index contributed by atoms with van der Waals surface area (Å²) in [5, 5.41) is 6.85. The van der Waals surface area contributed by atoms with E-state index in [1.54, 1.807) is 0 Å². The molecule has 0 atom stereocenters. The summed E-state index contributed by atoms with van der Waals surface area (Å²) in [5.41, 5.74) is 5.55. The molecule has 7 heteroatoms. The third-order valence-electron chi connectivity index (χ3n) is 5.70. The van der Waals surface area contributed by atoms with Gasteiger partial charge in [0.2, 0.25) is 17.8 Å². The van der Waals surface area contributed by atoms with E-state index < -0.39 is 0 Å².